The topological polar surface area (TPSA) is 44.8 Å². The summed E-state index contributed by atoms with van der Waals surface area (Å²) >= 11 is 0. The van der Waals surface area contributed by atoms with Gasteiger partial charge in [-0.2, -0.15) is 0 Å². The van der Waals surface area contributed by atoms with Gasteiger partial charge in [0.2, 0.25) is 0 Å². The normalized spacial score (nSPS) is 17.1. The fourth-order valence-electron chi connectivity index (χ4n) is 3.46. The lowest BCUT2D eigenvalue weighted by Gasteiger charge is -2.30. The molecule has 0 radical (unpaired) electrons. The molecule has 0 N–H and O–H groups in total. The Hall–Kier alpha value is -2.33. The Morgan fingerprint density at radius 2 is 1.50 bits per heavy atom. The lowest BCUT2D eigenvalue weighted by molar-refractivity contribution is -0.186. The highest BCUT2D eigenvalue weighted by atomic mass is 16.7. The average molecular weight is 382 g/mol. The minimum Gasteiger partial charge on any atom is -0.450 e. The van der Waals surface area contributed by atoms with E-state index in [4.69, 9.17) is 14.2 Å². The SMILES string of the molecule is CC(C)C(OC1CCCCC1)C(=O)OC(Oc1ccccc1)c1ccccc1. The second kappa shape index (κ2) is 10.3. The van der Waals surface area contributed by atoms with Gasteiger partial charge in [-0.15, -0.1) is 0 Å². The Morgan fingerprint density at radius 1 is 0.893 bits per heavy atom. The molecule has 28 heavy (non-hydrogen) atoms. The van der Waals surface area contributed by atoms with Crippen molar-refractivity contribution < 1.29 is 19.0 Å². The number of benzene rings is 2. The van der Waals surface area contributed by atoms with Crippen molar-refractivity contribution in [3.63, 3.8) is 0 Å². The van der Waals surface area contributed by atoms with Crippen molar-refractivity contribution in [2.45, 2.75) is 64.4 Å². The number of hydrogen-bond donors (Lipinski definition) is 0. The summed E-state index contributed by atoms with van der Waals surface area (Å²) in [6, 6.07) is 18.9. The summed E-state index contributed by atoms with van der Waals surface area (Å²) in [5, 5.41) is 0. The van der Waals surface area contributed by atoms with Crippen molar-refractivity contribution in [2.75, 3.05) is 0 Å². The highest BCUT2D eigenvalue weighted by Crippen LogP contribution is 2.27. The second-order valence-corrected chi connectivity index (χ2v) is 7.67. The van der Waals surface area contributed by atoms with Gasteiger partial charge in [0.1, 0.15) is 5.75 Å². The zero-order chi connectivity index (χ0) is 19.8. The third-order valence-corrected chi connectivity index (χ3v) is 5.01. The molecule has 1 aliphatic carbocycles. The fourth-order valence-corrected chi connectivity index (χ4v) is 3.46. The smallest absolute Gasteiger partial charge is 0.338 e. The summed E-state index contributed by atoms with van der Waals surface area (Å²) in [7, 11) is 0. The maximum Gasteiger partial charge on any atom is 0.338 e. The Labute approximate surface area is 167 Å². The molecule has 2 unspecified atom stereocenters. The molecule has 2 atom stereocenters. The predicted octanol–water partition coefficient (Wildman–Crippen LogP) is 5.68. The van der Waals surface area contributed by atoms with Gasteiger partial charge in [-0.3, -0.25) is 0 Å². The first-order valence-corrected chi connectivity index (χ1v) is 10.3. The molecular formula is C24H30O4. The molecule has 0 saturated heterocycles. The van der Waals surface area contributed by atoms with Crippen LogP contribution in [0.5, 0.6) is 5.75 Å². The number of esters is 1. The summed E-state index contributed by atoms with van der Waals surface area (Å²) in [5.41, 5.74) is 0.792. The molecule has 1 fully saturated rings. The molecule has 0 bridgehead atoms. The van der Waals surface area contributed by atoms with E-state index in [0.29, 0.717) is 5.75 Å². The molecule has 0 aromatic heterocycles. The molecule has 1 saturated carbocycles. The fraction of sp³-hybridized carbons (Fsp3) is 0.458. The summed E-state index contributed by atoms with van der Waals surface area (Å²) < 4.78 is 18.0. The number of hydrogen-bond acceptors (Lipinski definition) is 4. The van der Waals surface area contributed by atoms with Crippen molar-refractivity contribution >= 4 is 5.97 Å². The minimum atomic E-state index is -0.813. The third-order valence-electron chi connectivity index (χ3n) is 5.01. The number of carbonyl (C=O) groups excluding carboxylic acids is 1. The number of para-hydroxylation sites is 1. The van der Waals surface area contributed by atoms with Crippen LogP contribution < -0.4 is 4.74 Å². The van der Waals surface area contributed by atoms with Crippen LogP contribution in [0.15, 0.2) is 60.7 Å². The van der Waals surface area contributed by atoms with Crippen LogP contribution in [0.4, 0.5) is 0 Å². The van der Waals surface area contributed by atoms with Crippen molar-refractivity contribution in [2.24, 2.45) is 5.92 Å². The van der Waals surface area contributed by atoms with Gasteiger partial charge in [0.25, 0.3) is 6.29 Å². The zero-order valence-corrected chi connectivity index (χ0v) is 16.8. The van der Waals surface area contributed by atoms with E-state index in [-0.39, 0.29) is 18.0 Å². The molecule has 4 nitrogen and oxygen atoms in total. The van der Waals surface area contributed by atoms with Gasteiger partial charge < -0.3 is 14.2 Å². The molecule has 3 rings (SSSR count). The Kier molecular flexibility index (Phi) is 7.49. The van der Waals surface area contributed by atoms with E-state index in [9.17, 15) is 4.79 Å². The van der Waals surface area contributed by atoms with E-state index < -0.39 is 12.4 Å². The lowest BCUT2D eigenvalue weighted by atomic mass is 9.97. The van der Waals surface area contributed by atoms with E-state index >= 15 is 0 Å². The largest absolute Gasteiger partial charge is 0.450 e. The number of rotatable bonds is 8. The molecule has 2 aromatic carbocycles. The maximum absolute atomic E-state index is 13.0. The third kappa shape index (κ3) is 5.83. The lowest BCUT2D eigenvalue weighted by Crippen LogP contribution is -2.37. The zero-order valence-electron chi connectivity index (χ0n) is 16.8. The number of ether oxygens (including phenoxy) is 3. The second-order valence-electron chi connectivity index (χ2n) is 7.67. The van der Waals surface area contributed by atoms with Crippen LogP contribution in [0.1, 0.15) is 57.8 Å². The molecular weight excluding hydrogens is 352 g/mol. The quantitative estimate of drug-likeness (QED) is 0.435. The van der Waals surface area contributed by atoms with Crippen LogP contribution in [0.3, 0.4) is 0 Å². The molecule has 1 aliphatic rings. The maximum atomic E-state index is 13.0. The summed E-state index contributed by atoms with van der Waals surface area (Å²) in [6.45, 7) is 3.98. The van der Waals surface area contributed by atoms with E-state index in [1.165, 1.54) is 6.42 Å². The average Bonchev–Trinajstić information content (AvgIpc) is 2.73. The van der Waals surface area contributed by atoms with Crippen LogP contribution in [-0.2, 0) is 14.3 Å². The first-order valence-electron chi connectivity index (χ1n) is 10.3. The van der Waals surface area contributed by atoms with Gasteiger partial charge in [-0.05, 0) is 30.9 Å². The monoisotopic (exact) mass is 382 g/mol. The molecule has 4 heteroatoms. The summed E-state index contributed by atoms with van der Waals surface area (Å²) in [4.78, 5) is 13.0. The van der Waals surface area contributed by atoms with Crippen molar-refractivity contribution in [1.29, 1.82) is 0 Å². The highest BCUT2D eigenvalue weighted by Gasteiger charge is 2.31. The first kappa shape index (κ1) is 20.4. The van der Waals surface area contributed by atoms with E-state index in [2.05, 4.69) is 0 Å². The van der Waals surface area contributed by atoms with E-state index in [1.807, 2.05) is 74.5 Å². The summed E-state index contributed by atoms with van der Waals surface area (Å²) in [5.74, 6) is 0.311. The number of carbonyl (C=O) groups is 1. The Bertz CT molecular complexity index is 708. The molecule has 150 valence electrons. The van der Waals surface area contributed by atoms with Crippen molar-refractivity contribution in [3.05, 3.63) is 66.2 Å². The van der Waals surface area contributed by atoms with Crippen LogP contribution in [-0.4, -0.2) is 18.2 Å². The van der Waals surface area contributed by atoms with Gasteiger partial charge in [0.15, 0.2) is 6.10 Å². The van der Waals surface area contributed by atoms with Crippen molar-refractivity contribution in [3.8, 4) is 5.75 Å². The Balaban J connectivity index is 1.72. The molecule has 0 spiro atoms. The van der Waals surface area contributed by atoms with Gasteiger partial charge in [-0.1, -0.05) is 81.6 Å². The van der Waals surface area contributed by atoms with Gasteiger partial charge >= 0.3 is 5.97 Å². The van der Waals surface area contributed by atoms with Crippen LogP contribution in [0, 0.1) is 5.92 Å². The molecule has 0 amide bonds. The molecule has 0 aliphatic heterocycles. The van der Waals surface area contributed by atoms with E-state index in [1.54, 1.807) is 0 Å². The highest BCUT2D eigenvalue weighted by molar-refractivity contribution is 5.75. The van der Waals surface area contributed by atoms with Crippen LogP contribution >= 0.6 is 0 Å². The molecule has 2 aromatic rings. The molecule has 0 heterocycles. The van der Waals surface area contributed by atoms with Crippen molar-refractivity contribution in [1.82, 2.24) is 0 Å². The first-order chi connectivity index (χ1) is 13.6. The van der Waals surface area contributed by atoms with Gasteiger partial charge in [-0.25, -0.2) is 4.79 Å². The van der Waals surface area contributed by atoms with Crippen LogP contribution in [0.2, 0.25) is 0 Å². The Morgan fingerprint density at radius 3 is 2.11 bits per heavy atom. The minimum absolute atomic E-state index is 0.0302. The van der Waals surface area contributed by atoms with Crippen LogP contribution in [0.25, 0.3) is 0 Å². The standard InChI is InChI=1S/C24H30O4/c1-18(2)22(26-20-14-8-4-9-15-20)23(25)28-24(19-12-6-3-7-13-19)27-21-16-10-5-11-17-21/h3,5-7,10-13,16-18,20,22,24H,4,8-9,14-15H2,1-2H3. The van der Waals surface area contributed by atoms with Gasteiger partial charge in [0, 0.05) is 5.56 Å². The predicted molar refractivity (Wildman–Crippen MR) is 109 cm³/mol. The summed E-state index contributed by atoms with van der Waals surface area (Å²) in [6.07, 6.45) is 4.33. The van der Waals surface area contributed by atoms with E-state index in [0.717, 1.165) is 31.2 Å². The van der Waals surface area contributed by atoms with Gasteiger partial charge in [0.05, 0.1) is 6.10 Å².